The van der Waals surface area contributed by atoms with Crippen molar-refractivity contribution in [3.05, 3.63) is 47.3 Å². The van der Waals surface area contributed by atoms with E-state index in [1.807, 2.05) is 4.90 Å². The molecule has 3 N–H and O–H groups in total. The van der Waals surface area contributed by atoms with Crippen LogP contribution in [0.1, 0.15) is 23.2 Å². The summed E-state index contributed by atoms with van der Waals surface area (Å²) in [6.07, 6.45) is 2.12. The van der Waals surface area contributed by atoms with Gasteiger partial charge in [0.1, 0.15) is 4.21 Å². The predicted molar refractivity (Wildman–Crippen MR) is 109 cm³/mol. The molecule has 0 spiro atoms. The fourth-order valence-corrected chi connectivity index (χ4v) is 6.04. The minimum absolute atomic E-state index is 0. The molecule has 9 heteroatoms. The summed E-state index contributed by atoms with van der Waals surface area (Å²) < 4.78 is 27.5. The van der Waals surface area contributed by atoms with Gasteiger partial charge in [0.05, 0.1) is 0 Å². The van der Waals surface area contributed by atoms with Gasteiger partial charge in [-0.3, -0.25) is 9.52 Å². The molecule has 1 amide bonds. The van der Waals surface area contributed by atoms with Gasteiger partial charge in [0, 0.05) is 30.4 Å². The zero-order valence-electron chi connectivity index (χ0n) is 14.6. The summed E-state index contributed by atoms with van der Waals surface area (Å²) in [5.41, 5.74) is 7.03. The van der Waals surface area contributed by atoms with Crippen molar-refractivity contribution in [2.24, 2.45) is 17.6 Å². The van der Waals surface area contributed by atoms with Crippen molar-refractivity contribution in [1.82, 2.24) is 4.90 Å². The Morgan fingerprint density at radius 2 is 2.00 bits per heavy atom. The number of nitrogens with one attached hydrogen (secondary N) is 1. The fraction of sp³-hybridized carbons (Fsp3) is 0.389. The quantitative estimate of drug-likeness (QED) is 0.784. The number of fused-ring (bicyclic) bond motifs is 1. The summed E-state index contributed by atoms with van der Waals surface area (Å²) in [4.78, 5) is 14.7. The number of benzene rings is 1. The molecule has 1 aliphatic carbocycles. The number of hydrogen-bond acceptors (Lipinski definition) is 5. The zero-order chi connectivity index (χ0) is 18.3. The Morgan fingerprint density at radius 1 is 1.19 bits per heavy atom. The standard InChI is InChI=1S/C18H21N3O3S2.ClH/c19-16-7-6-13-10-21(11-15(13)16)18(22)12-3-1-4-14(9-12)20-26(23,24)17-5-2-8-25-17;/h1-5,8-9,13,15-16,20H,6-7,10-11,19H2;1H. The third-order valence-corrected chi connectivity index (χ3v) is 8.10. The SMILES string of the molecule is Cl.NC1CCC2CN(C(=O)c3cccc(NS(=O)(=O)c4cccs4)c3)CC12. The highest BCUT2D eigenvalue weighted by atomic mass is 35.5. The average molecular weight is 428 g/mol. The summed E-state index contributed by atoms with van der Waals surface area (Å²) in [6.45, 7) is 1.43. The lowest BCUT2D eigenvalue weighted by molar-refractivity contribution is 0.0779. The van der Waals surface area contributed by atoms with Crippen molar-refractivity contribution >= 4 is 45.4 Å². The molecule has 2 aromatic rings. The number of likely N-dealkylation sites (tertiary alicyclic amines) is 1. The van der Waals surface area contributed by atoms with Gasteiger partial charge < -0.3 is 10.6 Å². The van der Waals surface area contributed by atoms with E-state index >= 15 is 0 Å². The van der Waals surface area contributed by atoms with Gasteiger partial charge in [-0.05, 0) is 54.3 Å². The van der Waals surface area contributed by atoms with Crippen molar-refractivity contribution in [3.8, 4) is 0 Å². The topological polar surface area (TPSA) is 92.5 Å². The second-order valence-electron chi connectivity index (χ2n) is 6.99. The minimum atomic E-state index is -3.62. The predicted octanol–water partition coefficient (Wildman–Crippen LogP) is 2.78. The first-order valence-electron chi connectivity index (χ1n) is 8.65. The van der Waals surface area contributed by atoms with E-state index in [2.05, 4.69) is 4.72 Å². The molecule has 146 valence electrons. The molecule has 1 aromatic carbocycles. The molecule has 27 heavy (non-hydrogen) atoms. The van der Waals surface area contributed by atoms with E-state index in [9.17, 15) is 13.2 Å². The summed E-state index contributed by atoms with van der Waals surface area (Å²) in [5, 5.41) is 1.71. The normalized spacial score (nSPS) is 24.3. The van der Waals surface area contributed by atoms with Gasteiger partial charge in [-0.1, -0.05) is 12.1 Å². The van der Waals surface area contributed by atoms with Crippen LogP contribution in [0.4, 0.5) is 5.69 Å². The van der Waals surface area contributed by atoms with E-state index < -0.39 is 10.0 Å². The first kappa shape index (κ1) is 20.1. The maximum absolute atomic E-state index is 12.8. The smallest absolute Gasteiger partial charge is 0.271 e. The molecule has 0 bridgehead atoms. The van der Waals surface area contributed by atoms with Crippen LogP contribution in [0.3, 0.4) is 0 Å². The van der Waals surface area contributed by atoms with Gasteiger partial charge in [0.15, 0.2) is 0 Å². The summed E-state index contributed by atoms with van der Waals surface area (Å²) in [6, 6.07) is 10.1. The highest BCUT2D eigenvalue weighted by molar-refractivity contribution is 7.94. The minimum Gasteiger partial charge on any atom is -0.338 e. The van der Waals surface area contributed by atoms with Gasteiger partial charge in [-0.15, -0.1) is 23.7 Å². The van der Waals surface area contributed by atoms with Gasteiger partial charge >= 0.3 is 0 Å². The van der Waals surface area contributed by atoms with E-state index in [0.29, 0.717) is 29.6 Å². The summed E-state index contributed by atoms with van der Waals surface area (Å²) in [5.74, 6) is 0.817. The van der Waals surface area contributed by atoms with Gasteiger partial charge in [-0.2, -0.15) is 0 Å². The molecule has 2 heterocycles. The summed E-state index contributed by atoms with van der Waals surface area (Å²) in [7, 11) is -3.62. The van der Waals surface area contributed by atoms with E-state index in [0.717, 1.165) is 30.7 Å². The third-order valence-electron chi connectivity index (χ3n) is 5.32. The average Bonchev–Trinajstić information content (AvgIpc) is 3.33. The molecule has 3 atom stereocenters. The van der Waals surface area contributed by atoms with Gasteiger partial charge in [0.2, 0.25) is 0 Å². The lowest BCUT2D eigenvalue weighted by Crippen LogP contribution is -2.33. The van der Waals surface area contributed by atoms with Crippen LogP contribution >= 0.6 is 23.7 Å². The number of carbonyl (C=O) groups excluding carboxylic acids is 1. The summed E-state index contributed by atoms with van der Waals surface area (Å²) >= 11 is 1.15. The van der Waals surface area contributed by atoms with E-state index in [-0.39, 0.29) is 28.6 Å². The Balaban J connectivity index is 0.00000210. The molecule has 1 saturated heterocycles. The molecule has 2 aliphatic rings. The van der Waals surface area contributed by atoms with E-state index in [1.165, 1.54) is 0 Å². The maximum atomic E-state index is 12.8. The Morgan fingerprint density at radius 3 is 2.70 bits per heavy atom. The first-order chi connectivity index (χ1) is 12.4. The molecule has 1 aromatic heterocycles. The van der Waals surface area contributed by atoms with Crippen LogP contribution in [-0.4, -0.2) is 38.4 Å². The monoisotopic (exact) mass is 427 g/mol. The largest absolute Gasteiger partial charge is 0.338 e. The van der Waals surface area contributed by atoms with Gasteiger partial charge in [-0.25, -0.2) is 8.42 Å². The molecule has 2 fully saturated rings. The lowest BCUT2D eigenvalue weighted by Gasteiger charge is -2.19. The Kier molecular flexibility index (Phi) is 5.81. The van der Waals surface area contributed by atoms with Crippen LogP contribution in [0.5, 0.6) is 0 Å². The number of carbonyl (C=O) groups is 1. The number of nitrogens with two attached hydrogens (primary N) is 1. The van der Waals surface area contributed by atoms with Crippen LogP contribution in [-0.2, 0) is 10.0 Å². The Bertz CT molecular complexity index is 918. The number of nitrogens with zero attached hydrogens (tertiary/aromatic N) is 1. The van der Waals surface area contributed by atoms with Crippen molar-refractivity contribution in [1.29, 1.82) is 0 Å². The number of anilines is 1. The number of halogens is 1. The maximum Gasteiger partial charge on any atom is 0.271 e. The molecule has 1 aliphatic heterocycles. The Labute approximate surface area is 169 Å². The van der Waals surface area contributed by atoms with Crippen LogP contribution in [0, 0.1) is 11.8 Å². The molecular weight excluding hydrogens is 406 g/mol. The van der Waals surface area contributed by atoms with Gasteiger partial charge in [0.25, 0.3) is 15.9 Å². The highest BCUT2D eigenvalue weighted by Crippen LogP contribution is 2.37. The van der Waals surface area contributed by atoms with Crippen molar-refractivity contribution < 1.29 is 13.2 Å². The first-order valence-corrected chi connectivity index (χ1v) is 11.0. The van der Waals surface area contributed by atoms with E-state index in [1.54, 1.807) is 41.8 Å². The number of thiophene rings is 1. The second-order valence-corrected chi connectivity index (χ2v) is 9.85. The Hall–Kier alpha value is -1.61. The van der Waals surface area contributed by atoms with Crippen LogP contribution in [0.2, 0.25) is 0 Å². The second kappa shape index (κ2) is 7.79. The molecule has 0 radical (unpaired) electrons. The molecule has 1 saturated carbocycles. The number of amides is 1. The van der Waals surface area contributed by atoms with Crippen molar-refractivity contribution in [3.63, 3.8) is 0 Å². The van der Waals surface area contributed by atoms with Crippen LogP contribution in [0.25, 0.3) is 0 Å². The fourth-order valence-electron chi connectivity index (χ4n) is 3.99. The number of rotatable bonds is 4. The van der Waals surface area contributed by atoms with E-state index in [4.69, 9.17) is 5.73 Å². The third kappa shape index (κ3) is 3.99. The molecule has 4 rings (SSSR count). The van der Waals surface area contributed by atoms with Crippen molar-refractivity contribution in [2.45, 2.75) is 23.1 Å². The highest BCUT2D eigenvalue weighted by Gasteiger charge is 2.42. The zero-order valence-corrected chi connectivity index (χ0v) is 17.0. The molecule has 3 unspecified atom stereocenters. The molecular formula is C18H22ClN3O3S2. The van der Waals surface area contributed by atoms with Crippen molar-refractivity contribution in [2.75, 3.05) is 17.8 Å². The van der Waals surface area contributed by atoms with Crippen LogP contribution in [0.15, 0.2) is 46.0 Å². The number of sulfonamides is 1. The molecule has 6 nitrogen and oxygen atoms in total. The van der Waals surface area contributed by atoms with Crippen LogP contribution < -0.4 is 10.5 Å². The number of hydrogen-bond donors (Lipinski definition) is 2. The lowest BCUT2D eigenvalue weighted by atomic mass is 9.98.